The van der Waals surface area contributed by atoms with Gasteiger partial charge in [0.1, 0.15) is 16.5 Å². The van der Waals surface area contributed by atoms with Crippen molar-refractivity contribution in [3.05, 3.63) is 30.3 Å². The van der Waals surface area contributed by atoms with Gasteiger partial charge in [-0.05, 0) is 31.4 Å². The number of benzene rings is 1. The van der Waals surface area contributed by atoms with E-state index in [0.717, 1.165) is 5.69 Å². The number of para-hydroxylation sites is 1. The van der Waals surface area contributed by atoms with Crippen LogP contribution in [0.15, 0.2) is 35.3 Å². The van der Waals surface area contributed by atoms with Crippen LogP contribution in [0.4, 0.5) is 5.69 Å². The van der Waals surface area contributed by atoms with E-state index in [-0.39, 0.29) is 0 Å². The topological polar surface area (TPSA) is 15.6 Å². The molecule has 1 aromatic rings. The van der Waals surface area contributed by atoms with Gasteiger partial charge in [-0.1, -0.05) is 57.5 Å². The Kier molecular flexibility index (Phi) is 7.63. The number of aliphatic imine (C=N–C) groups is 1. The second kappa shape index (κ2) is 7.87. The van der Waals surface area contributed by atoms with Crippen molar-refractivity contribution in [2.75, 3.05) is 7.05 Å². The minimum atomic E-state index is -1.00. The molecule has 106 valence electrons. The molecule has 1 rings (SSSR count). The molecule has 0 atom stereocenters. The Balaban J connectivity index is 0.000000342. The molecule has 0 fully saturated rings. The lowest BCUT2D eigenvalue weighted by atomic mass is 10.3. The molecule has 0 radical (unpaired) electrons. The minimum absolute atomic E-state index is 0.854. The number of nitrogens with zero attached hydrogens (tertiary/aromatic N) is 2. The number of hydrogen-bond acceptors (Lipinski definition) is 3. The van der Waals surface area contributed by atoms with Crippen molar-refractivity contribution in [2.24, 2.45) is 4.99 Å². The average Bonchev–Trinajstić information content (AvgIpc) is 2.28. The summed E-state index contributed by atoms with van der Waals surface area (Å²) in [4.78, 5) is 3.77. The lowest BCUT2D eigenvalue weighted by Crippen LogP contribution is -2.56. The zero-order valence-corrected chi connectivity index (χ0v) is 16.0. The third-order valence-corrected chi connectivity index (χ3v) is 11.1. The molecule has 5 heteroatoms. The van der Waals surface area contributed by atoms with Gasteiger partial charge in [0.05, 0.1) is 10.8 Å². The second-order valence-corrected chi connectivity index (χ2v) is 17.1. The summed E-state index contributed by atoms with van der Waals surface area (Å²) in [7, 11) is 0.288. The smallest absolute Gasteiger partial charge is 0.112 e. The van der Waals surface area contributed by atoms with Gasteiger partial charge in [0.25, 0.3) is 0 Å². The van der Waals surface area contributed by atoms with Crippen LogP contribution < -0.4 is 0 Å². The van der Waals surface area contributed by atoms with Crippen LogP contribution in [0, 0.1) is 0 Å². The van der Waals surface area contributed by atoms with Crippen LogP contribution in [0.2, 0.25) is 39.3 Å². The first-order valence-electron chi connectivity index (χ1n) is 6.46. The van der Waals surface area contributed by atoms with E-state index in [2.05, 4.69) is 72.9 Å². The van der Waals surface area contributed by atoms with Crippen LogP contribution in [0.1, 0.15) is 0 Å². The normalized spacial score (nSPS) is 11.4. The Morgan fingerprint density at radius 2 is 1.37 bits per heavy atom. The Labute approximate surface area is 125 Å². The van der Waals surface area contributed by atoms with Crippen molar-refractivity contribution >= 4 is 39.5 Å². The summed E-state index contributed by atoms with van der Waals surface area (Å²) in [5, 5.41) is 2.29. The lowest BCUT2D eigenvalue weighted by molar-refractivity contribution is 0.759. The van der Waals surface area contributed by atoms with Crippen molar-refractivity contribution in [3.8, 4) is 0 Å². The van der Waals surface area contributed by atoms with Crippen molar-refractivity contribution < 1.29 is 0 Å². The van der Waals surface area contributed by atoms with Crippen molar-refractivity contribution in [1.29, 1.82) is 0 Å². The van der Waals surface area contributed by atoms with Gasteiger partial charge >= 0.3 is 0 Å². The predicted molar refractivity (Wildman–Crippen MR) is 95.6 cm³/mol. The highest BCUT2D eigenvalue weighted by atomic mass is 32.1. The molecule has 1 aromatic carbocycles. The van der Waals surface area contributed by atoms with E-state index in [1.165, 1.54) is 0 Å². The first-order chi connectivity index (χ1) is 8.59. The van der Waals surface area contributed by atoms with Crippen LogP contribution in [0.5, 0.6) is 0 Å². The molecule has 0 bridgehead atoms. The van der Waals surface area contributed by atoms with E-state index < -0.39 is 16.5 Å². The third-order valence-electron chi connectivity index (χ3n) is 2.94. The van der Waals surface area contributed by atoms with Crippen molar-refractivity contribution in [3.63, 3.8) is 0 Å². The summed E-state index contributed by atoms with van der Waals surface area (Å²) in [5.74, 6) is 0. The van der Waals surface area contributed by atoms with E-state index in [1.54, 1.807) is 0 Å². The summed E-state index contributed by atoms with van der Waals surface area (Å²) in [6, 6.07) is 9.50. The maximum atomic E-state index is 4.42. The summed E-state index contributed by atoms with van der Waals surface area (Å²) >= 11 is 4.42. The fourth-order valence-corrected chi connectivity index (χ4v) is 9.72. The zero-order valence-electron chi connectivity index (χ0n) is 13.2. The van der Waals surface area contributed by atoms with Crippen LogP contribution in [-0.4, -0.2) is 32.9 Å². The number of rotatable bonds is 3. The van der Waals surface area contributed by atoms with E-state index in [4.69, 9.17) is 0 Å². The standard InChI is InChI=1S/C7H5NS.C7H21NSi2/c9-6-8-7-4-2-1-3-5-7;1-8(9(2,3)4)10(5,6)7/h1-5H;1-7H3. The molecule has 0 aromatic heterocycles. The fraction of sp³-hybridized carbons (Fsp3) is 0.500. The van der Waals surface area contributed by atoms with Crippen LogP contribution in [0.25, 0.3) is 0 Å². The van der Waals surface area contributed by atoms with Crippen LogP contribution >= 0.6 is 12.2 Å². The molecule has 2 nitrogen and oxygen atoms in total. The van der Waals surface area contributed by atoms with Crippen LogP contribution in [-0.2, 0) is 0 Å². The quantitative estimate of drug-likeness (QED) is 0.443. The summed E-state index contributed by atoms with van der Waals surface area (Å²) < 4.78 is 2.65. The van der Waals surface area contributed by atoms with E-state index in [0.29, 0.717) is 0 Å². The Bertz CT molecular complexity index is 401. The van der Waals surface area contributed by atoms with Gasteiger partial charge in [-0.25, -0.2) is 0 Å². The molecule has 0 saturated heterocycles. The second-order valence-electron chi connectivity index (χ2n) is 6.44. The van der Waals surface area contributed by atoms with E-state index in [1.807, 2.05) is 30.3 Å². The lowest BCUT2D eigenvalue weighted by Gasteiger charge is -2.40. The van der Waals surface area contributed by atoms with E-state index in [9.17, 15) is 0 Å². The van der Waals surface area contributed by atoms with Gasteiger partial charge in [-0.2, -0.15) is 4.99 Å². The monoisotopic (exact) mass is 310 g/mol. The molecule has 0 heterocycles. The molecule has 0 saturated carbocycles. The number of isothiocyanates is 1. The first-order valence-corrected chi connectivity index (χ1v) is 13.8. The van der Waals surface area contributed by atoms with Crippen LogP contribution in [0.3, 0.4) is 0 Å². The summed E-state index contributed by atoms with van der Waals surface area (Å²) in [6.07, 6.45) is 0. The Morgan fingerprint density at radius 3 is 1.63 bits per heavy atom. The van der Waals surface area contributed by atoms with Gasteiger partial charge < -0.3 is 4.23 Å². The minimum Gasteiger partial charge on any atom is -0.349 e. The Morgan fingerprint density at radius 1 is 0.947 bits per heavy atom. The largest absolute Gasteiger partial charge is 0.349 e. The zero-order chi connectivity index (χ0) is 15.1. The SMILES string of the molecule is CN([Si](C)(C)C)[Si](C)(C)C.S=C=Nc1ccccc1. The maximum Gasteiger partial charge on any atom is 0.112 e. The highest BCUT2D eigenvalue weighted by Crippen LogP contribution is 2.16. The molecular formula is C14H26N2SSi2. The molecule has 0 N–H and O–H groups in total. The highest BCUT2D eigenvalue weighted by molar-refractivity contribution is 7.78. The number of thiocarbonyl (C=S) groups is 1. The maximum absolute atomic E-state index is 4.42. The fourth-order valence-electron chi connectivity index (χ4n) is 1.56. The molecule has 0 aliphatic carbocycles. The Hall–Kier alpha value is -0.586. The van der Waals surface area contributed by atoms with Gasteiger partial charge in [0.2, 0.25) is 0 Å². The van der Waals surface area contributed by atoms with Gasteiger partial charge in [-0.3, -0.25) is 0 Å². The molecule has 0 unspecified atom stereocenters. The number of hydrogen-bond donors (Lipinski definition) is 0. The predicted octanol–water partition coefficient (Wildman–Crippen LogP) is 5.01. The molecule has 0 aliphatic heterocycles. The van der Waals surface area contributed by atoms with Crippen molar-refractivity contribution in [2.45, 2.75) is 39.3 Å². The first kappa shape index (κ1) is 18.4. The average molecular weight is 311 g/mol. The van der Waals surface area contributed by atoms with Crippen molar-refractivity contribution in [1.82, 2.24) is 4.23 Å². The molecule has 0 amide bonds. The third kappa shape index (κ3) is 8.24. The van der Waals surface area contributed by atoms with E-state index >= 15 is 0 Å². The molecule has 0 spiro atoms. The highest BCUT2D eigenvalue weighted by Gasteiger charge is 2.30. The molecule has 19 heavy (non-hydrogen) atoms. The van der Waals surface area contributed by atoms with Gasteiger partial charge in [-0.15, -0.1) is 0 Å². The molecular weight excluding hydrogens is 284 g/mol. The van der Waals surface area contributed by atoms with Gasteiger partial charge in [0, 0.05) is 0 Å². The van der Waals surface area contributed by atoms with Gasteiger partial charge in [0.15, 0.2) is 0 Å². The summed E-state index contributed by atoms with van der Waals surface area (Å²) in [5.41, 5.74) is 0.854. The molecule has 0 aliphatic rings. The summed E-state index contributed by atoms with van der Waals surface area (Å²) in [6.45, 7) is 14.4.